The molecule has 2 aromatic rings. The number of alkyl halides is 7. The van der Waals surface area contributed by atoms with Crippen molar-refractivity contribution < 1.29 is 40.6 Å². The van der Waals surface area contributed by atoms with Crippen LogP contribution in [0.25, 0.3) is 10.9 Å². The van der Waals surface area contributed by atoms with Crippen LogP contribution in [0.3, 0.4) is 0 Å². The topological polar surface area (TPSA) is 42.4 Å². The minimum atomic E-state index is -6.40. The molecule has 3 nitrogen and oxygen atoms in total. The molecule has 0 radical (unpaired) electrons. The van der Waals surface area contributed by atoms with Crippen LogP contribution in [-0.2, 0) is 0 Å². The first kappa shape index (κ1) is 17.1. The standard InChI is InChI=1S/C13H8F7NO2/c14-11(15,12(16,17)13(18,19)20)6-23-9-1-2-10-7(4-9)3-8(22)5-21-10/h1-5,22H,6H2. The number of nitrogens with zero attached hydrogens (tertiary/aromatic N) is 1. The van der Waals surface area contributed by atoms with Gasteiger partial charge in [-0.15, -0.1) is 0 Å². The van der Waals surface area contributed by atoms with Gasteiger partial charge in [-0.1, -0.05) is 0 Å². The molecule has 10 heteroatoms. The highest BCUT2D eigenvalue weighted by Gasteiger charge is 2.73. The summed E-state index contributed by atoms with van der Waals surface area (Å²) in [5.74, 6) is -12.3. The van der Waals surface area contributed by atoms with E-state index >= 15 is 0 Å². The summed E-state index contributed by atoms with van der Waals surface area (Å²) in [6, 6.07) is 4.61. The van der Waals surface area contributed by atoms with Crippen LogP contribution < -0.4 is 4.74 Å². The fraction of sp³-hybridized carbons (Fsp3) is 0.308. The summed E-state index contributed by atoms with van der Waals surface area (Å²) in [5.41, 5.74) is 0.336. The normalized spacial score (nSPS) is 13.3. The lowest BCUT2D eigenvalue weighted by molar-refractivity contribution is -0.358. The molecule has 0 aliphatic heterocycles. The molecule has 23 heavy (non-hydrogen) atoms. The van der Waals surface area contributed by atoms with Crippen molar-refractivity contribution in [2.75, 3.05) is 6.61 Å². The first-order valence-corrected chi connectivity index (χ1v) is 5.98. The van der Waals surface area contributed by atoms with Crippen LogP contribution in [0.5, 0.6) is 11.5 Å². The lowest BCUT2D eigenvalue weighted by Crippen LogP contribution is -2.54. The molecule has 0 bridgehead atoms. The van der Waals surface area contributed by atoms with E-state index in [-0.39, 0.29) is 16.9 Å². The van der Waals surface area contributed by atoms with E-state index in [0.717, 1.165) is 18.3 Å². The predicted molar refractivity (Wildman–Crippen MR) is 64.9 cm³/mol. The second kappa shape index (κ2) is 5.43. The molecule has 0 spiro atoms. The van der Waals surface area contributed by atoms with E-state index in [1.807, 2.05) is 0 Å². The van der Waals surface area contributed by atoms with Crippen molar-refractivity contribution in [1.29, 1.82) is 0 Å². The van der Waals surface area contributed by atoms with E-state index in [2.05, 4.69) is 9.72 Å². The van der Waals surface area contributed by atoms with Gasteiger partial charge in [0, 0.05) is 5.39 Å². The summed E-state index contributed by atoms with van der Waals surface area (Å²) in [4.78, 5) is 3.78. The highest BCUT2D eigenvalue weighted by molar-refractivity contribution is 5.81. The van der Waals surface area contributed by atoms with Crippen LogP contribution in [0.2, 0.25) is 0 Å². The average Bonchev–Trinajstić information content (AvgIpc) is 2.43. The Morgan fingerprint density at radius 2 is 1.65 bits per heavy atom. The molecule has 1 aromatic heterocycles. The first-order valence-electron chi connectivity index (χ1n) is 5.98. The van der Waals surface area contributed by atoms with Gasteiger partial charge in [-0.2, -0.15) is 30.7 Å². The van der Waals surface area contributed by atoms with Gasteiger partial charge in [0.05, 0.1) is 11.7 Å². The Hall–Kier alpha value is -2.26. The second-order valence-corrected chi connectivity index (χ2v) is 4.61. The van der Waals surface area contributed by atoms with Gasteiger partial charge in [0.25, 0.3) is 0 Å². The number of benzene rings is 1. The zero-order valence-corrected chi connectivity index (χ0v) is 11.0. The third-order valence-electron chi connectivity index (χ3n) is 2.87. The molecule has 0 aliphatic carbocycles. The Morgan fingerprint density at radius 3 is 2.26 bits per heavy atom. The quantitative estimate of drug-likeness (QED) is 0.848. The maximum atomic E-state index is 13.1. The monoisotopic (exact) mass is 343 g/mol. The van der Waals surface area contributed by atoms with Gasteiger partial charge in [0.15, 0.2) is 6.61 Å². The molecule has 1 heterocycles. The van der Waals surface area contributed by atoms with E-state index in [4.69, 9.17) is 0 Å². The van der Waals surface area contributed by atoms with Crippen molar-refractivity contribution in [3.63, 3.8) is 0 Å². The molecule has 0 saturated carbocycles. The summed E-state index contributed by atoms with van der Waals surface area (Å²) in [7, 11) is 0. The molecule has 0 fully saturated rings. The average molecular weight is 343 g/mol. The molecule has 0 unspecified atom stereocenters. The molecular weight excluding hydrogens is 335 g/mol. The Bertz CT molecular complexity index is 715. The molecule has 2 rings (SSSR count). The van der Waals surface area contributed by atoms with Gasteiger partial charge in [-0.25, -0.2) is 0 Å². The predicted octanol–water partition coefficient (Wildman–Crippen LogP) is 4.15. The summed E-state index contributed by atoms with van der Waals surface area (Å²) in [6.07, 6.45) is -5.29. The van der Waals surface area contributed by atoms with Gasteiger partial charge in [-0.3, -0.25) is 4.98 Å². The van der Waals surface area contributed by atoms with E-state index in [0.29, 0.717) is 5.52 Å². The van der Waals surface area contributed by atoms with Crippen molar-refractivity contribution in [3.05, 3.63) is 30.5 Å². The van der Waals surface area contributed by atoms with Crippen LogP contribution in [0.1, 0.15) is 0 Å². The van der Waals surface area contributed by atoms with Crippen LogP contribution >= 0.6 is 0 Å². The van der Waals surface area contributed by atoms with Gasteiger partial charge in [0.2, 0.25) is 0 Å². The number of halogens is 7. The Labute approximate surface area is 124 Å². The molecule has 0 atom stereocenters. The Morgan fingerprint density at radius 1 is 1.00 bits per heavy atom. The number of aromatic nitrogens is 1. The van der Waals surface area contributed by atoms with Gasteiger partial charge < -0.3 is 9.84 Å². The van der Waals surface area contributed by atoms with Crippen LogP contribution in [0, 0.1) is 0 Å². The van der Waals surface area contributed by atoms with Crippen molar-refractivity contribution in [3.8, 4) is 11.5 Å². The Kier molecular flexibility index (Phi) is 4.03. The molecule has 1 N–H and O–H groups in total. The Balaban J connectivity index is 2.20. The minimum absolute atomic E-state index is 0.230. The molecule has 1 aromatic carbocycles. The van der Waals surface area contributed by atoms with Gasteiger partial charge in [0.1, 0.15) is 11.5 Å². The van der Waals surface area contributed by atoms with Crippen LogP contribution in [0.4, 0.5) is 30.7 Å². The molecule has 0 amide bonds. The second-order valence-electron chi connectivity index (χ2n) is 4.61. The fourth-order valence-corrected chi connectivity index (χ4v) is 1.66. The number of fused-ring (bicyclic) bond motifs is 1. The highest BCUT2D eigenvalue weighted by Crippen LogP contribution is 2.46. The van der Waals surface area contributed by atoms with Crippen molar-refractivity contribution in [2.24, 2.45) is 0 Å². The summed E-state index contributed by atoms with van der Waals surface area (Å²) in [6.45, 7) is -2.17. The van der Waals surface area contributed by atoms with Gasteiger partial charge >= 0.3 is 18.0 Å². The van der Waals surface area contributed by atoms with Crippen molar-refractivity contribution in [1.82, 2.24) is 4.98 Å². The largest absolute Gasteiger partial charge is 0.506 e. The molecule has 0 saturated heterocycles. The maximum absolute atomic E-state index is 13.1. The fourth-order valence-electron chi connectivity index (χ4n) is 1.66. The highest BCUT2D eigenvalue weighted by atomic mass is 19.4. The van der Waals surface area contributed by atoms with E-state index in [9.17, 15) is 35.8 Å². The zero-order chi connectivity index (χ0) is 17.5. The number of pyridine rings is 1. The number of hydrogen-bond acceptors (Lipinski definition) is 3. The molecule has 0 aliphatic rings. The summed E-state index contributed by atoms with van der Waals surface area (Å²) >= 11 is 0. The lowest BCUT2D eigenvalue weighted by atomic mass is 10.1. The minimum Gasteiger partial charge on any atom is -0.506 e. The maximum Gasteiger partial charge on any atom is 0.460 e. The van der Waals surface area contributed by atoms with Crippen molar-refractivity contribution >= 4 is 10.9 Å². The van der Waals surface area contributed by atoms with E-state index in [1.54, 1.807) is 0 Å². The first-order chi connectivity index (χ1) is 10.4. The van der Waals surface area contributed by atoms with E-state index in [1.165, 1.54) is 12.1 Å². The summed E-state index contributed by atoms with van der Waals surface area (Å²) < 4.78 is 92.0. The number of rotatable bonds is 4. The van der Waals surface area contributed by atoms with E-state index < -0.39 is 24.6 Å². The van der Waals surface area contributed by atoms with Gasteiger partial charge in [-0.05, 0) is 24.3 Å². The number of aromatic hydroxyl groups is 1. The van der Waals surface area contributed by atoms with Crippen LogP contribution in [-0.4, -0.2) is 34.7 Å². The molecule has 126 valence electrons. The smallest absolute Gasteiger partial charge is 0.460 e. The zero-order valence-electron chi connectivity index (χ0n) is 11.0. The lowest BCUT2D eigenvalue weighted by Gasteiger charge is -2.27. The van der Waals surface area contributed by atoms with Crippen LogP contribution in [0.15, 0.2) is 30.5 Å². The molecular formula is C13H8F7NO2. The summed E-state index contributed by atoms with van der Waals surface area (Å²) in [5, 5.41) is 9.46. The van der Waals surface area contributed by atoms with Crippen molar-refractivity contribution in [2.45, 2.75) is 18.0 Å². The number of hydrogen-bond donors (Lipinski definition) is 1. The third kappa shape index (κ3) is 3.25. The number of ether oxygens (including phenoxy) is 1. The third-order valence-corrected chi connectivity index (χ3v) is 2.87. The SMILES string of the molecule is Oc1cnc2ccc(OCC(F)(F)C(F)(F)C(F)(F)F)cc2c1.